The SMILES string of the molecule is Cc1ccc(N2C(=O)CCCC2=O)cc1C#CCCO. The van der Waals surface area contributed by atoms with E-state index in [1.54, 1.807) is 12.1 Å². The summed E-state index contributed by atoms with van der Waals surface area (Å²) in [4.78, 5) is 25.0. The van der Waals surface area contributed by atoms with Crippen LogP contribution in [-0.2, 0) is 9.59 Å². The summed E-state index contributed by atoms with van der Waals surface area (Å²) in [5, 5.41) is 8.74. The Morgan fingerprint density at radius 2 is 1.95 bits per heavy atom. The molecule has 4 nitrogen and oxygen atoms in total. The predicted molar refractivity (Wildman–Crippen MR) is 76.1 cm³/mol. The topological polar surface area (TPSA) is 57.6 Å². The number of amides is 2. The van der Waals surface area contributed by atoms with Crippen molar-refractivity contribution in [3.8, 4) is 11.8 Å². The second-order valence-electron chi connectivity index (χ2n) is 4.75. The molecular weight excluding hydrogens is 254 g/mol. The monoisotopic (exact) mass is 271 g/mol. The third-order valence-electron chi connectivity index (χ3n) is 3.22. The lowest BCUT2D eigenvalue weighted by atomic mass is 10.0. The minimum absolute atomic E-state index is 0.0227. The van der Waals surface area contributed by atoms with Crippen molar-refractivity contribution in [1.82, 2.24) is 0 Å². The Kier molecular flexibility index (Phi) is 4.54. The zero-order chi connectivity index (χ0) is 14.5. The first-order valence-electron chi connectivity index (χ1n) is 6.69. The van der Waals surface area contributed by atoms with Gasteiger partial charge in [-0.15, -0.1) is 0 Å². The van der Waals surface area contributed by atoms with E-state index in [9.17, 15) is 9.59 Å². The lowest BCUT2D eigenvalue weighted by molar-refractivity contribution is -0.129. The molecule has 0 atom stereocenters. The molecule has 104 valence electrons. The smallest absolute Gasteiger partial charge is 0.233 e. The zero-order valence-electron chi connectivity index (χ0n) is 11.5. The van der Waals surface area contributed by atoms with Crippen molar-refractivity contribution < 1.29 is 14.7 Å². The number of hydrogen-bond acceptors (Lipinski definition) is 3. The normalized spacial score (nSPS) is 15.0. The van der Waals surface area contributed by atoms with Crippen LogP contribution < -0.4 is 4.90 Å². The third-order valence-corrected chi connectivity index (χ3v) is 3.22. The van der Waals surface area contributed by atoms with Crippen LogP contribution in [0.1, 0.15) is 36.8 Å². The number of benzene rings is 1. The molecule has 0 unspecified atom stereocenters. The molecule has 0 aromatic heterocycles. The van der Waals surface area contributed by atoms with Crippen LogP contribution >= 0.6 is 0 Å². The number of aryl methyl sites for hydroxylation is 1. The molecule has 0 saturated carbocycles. The first-order chi connectivity index (χ1) is 9.63. The molecule has 0 bridgehead atoms. The van der Waals surface area contributed by atoms with Gasteiger partial charge in [-0.2, -0.15) is 0 Å². The summed E-state index contributed by atoms with van der Waals surface area (Å²) in [6, 6.07) is 5.39. The lowest BCUT2D eigenvalue weighted by Gasteiger charge is -2.25. The Morgan fingerprint density at radius 1 is 1.25 bits per heavy atom. The number of piperidine rings is 1. The number of anilines is 1. The average molecular weight is 271 g/mol. The molecule has 2 rings (SSSR count). The summed E-state index contributed by atoms with van der Waals surface area (Å²) in [6.45, 7) is 1.95. The minimum Gasteiger partial charge on any atom is -0.395 e. The van der Waals surface area contributed by atoms with Gasteiger partial charge >= 0.3 is 0 Å². The fraction of sp³-hybridized carbons (Fsp3) is 0.375. The largest absolute Gasteiger partial charge is 0.395 e. The van der Waals surface area contributed by atoms with E-state index in [-0.39, 0.29) is 18.4 Å². The number of rotatable bonds is 2. The van der Waals surface area contributed by atoms with Crippen molar-refractivity contribution in [1.29, 1.82) is 0 Å². The Balaban J connectivity index is 2.33. The maximum Gasteiger partial charge on any atom is 0.233 e. The van der Waals surface area contributed by atoms with E-state index in [0.29, 0.717) is 31.4 Å². The highest BCUT2D eigenvalue weighted by molar-refractivity contribution is 6.16. The quantitative estimate of drug-likeness (QED) is 0.659. The fourth-order valence-electron chi connectivity index (χ4n) is 2.14. The standard InChI is InChI=1S/C16H17NO3/c1-12-8-9-14(11-13(12)5-2-3-10-18)17-15(19)6-4-7-16(17)20/h8-9,11,18H,3-4,6-7,10H2,1H3. The van der Waals surface area contributed by atoms with Gasteiger partial charge in [-0.25, -0.2) is 0 Å². The molecule has 0 spiro atoms. The summed E-state index contributed by atoms with van der Waals surface area (Å²) >= 11 is 0. The molecular formula is C16H17NO3. The maximum absolute atomic E-state index is 11.9. The van der Waals surface area contributed by atoms with E-state index in [4.69, 9.17) is 5.11 Å². The van der Waals surface area contributed by atoms with Gasteiger partial charge in [0, 0.05) is 24.8 Å². The van der Waals surface area contributed by atoms with Gasteiger partial charge in [-0.3, -0.25) is 14.5 Å². The van der Waals surface area contributed by atoms with Crippen LogP contribution in [0.25, 0.3) is 0 Å². The second-order valence-corrected chi connectivity index (χ2v) is 4.75. The molecule has 1 heterocycles. The van der Waals surface area contributed by atoms with Gasteiger partial charge in [-0.1, -0.05) is 17.9 Å². The fourth-order valence-corrected chi connectivity index (χ4v) is 2.14. The number of aliphatic hydroxyl groups excluding tert-OH is 1. The number of nitrogens with zero attached hydrogens (tertiary/aromatic N) is 1. The number of aliphatic hydroxyl groups is 1. The van der Waals surface area contributed by atoms with Crippen molar-refractivity contribution in [3.05, 3.63) is 29.3 Å². The van der Waals surface area contributed by atoms with E-state index in [1.807, 2.05) is 13.0 Å². The molecule has 0 radical (unpaired) electrons. The molecule has 4 heteroatoms. The Hall–Kier alpha value is -2.12. The average Bonchev–Trinajstić information content (AvgIpc) is 2.42. The van der Waals surface area contributed by atoms with Crippen LogP contribution in [0.5, 0.6) is 0 Å². The Labute approximate surface area is 118 Å². The van der Waals surface area contributed by atoms with Gasteiger partial charge in [0.05, 0.1) is 12.3 Å². The molecule has 2 amide bonds. The van der Waals surface area contributed by atoms with Gasteiger partial charge in [0.25, 0.3) is 0 Å². The number of imide groups is 1. The molecule has 1 aromatic rings. The molecule has 1 fully saturated rings. The van der Waals surface area contributed by atoms with Crippen LogP contribution in [0.15, 0.2) is 18.2 Å². The summed E-state index contributed by atoms with van der Waals surface area (Å²) in [6.07, 6.45) is 1.85. The Morgan fingerprint density at radius 3 is 2.60 bits per heavy atom. The lowest BCUT2D eigenvalue weighted by Crippen LogP contribution is -2.40. The highest BCUT2D eigenvalue weighted by Crippen LogP contribution is 2.24. The van der Waals surface area contributed by atoms with Crippen molar-refractivity contribution in [2.24, 2.45) is 0 Å². The Bertz CT molecular complexity index is 579. The molecule has 1 aliphatic heterocycles. The molecule has 1 N–H and O–H groups in total. The van der Waals surface area contributed by atoms with Crippen molar-refractivity contribution in [2.75, 3.05) is 11.5 Å². The van der Waals surface area contributed by atoms with Crippen molar-refractivity contribution in [2.45, 2.75) is 32.6 Å². The van der Waals surface area contributed by atoms with Gasteiger partial charge in [0.15, 0.2) is 0 Å². The van der Waals surface area contributed by atoms with Crippen LogP contribution in [0, 0.1) is 18.8 Å². The van der Waals surface area contributed by atoms with E-state index in [0.717, 1.165) is 11.1 Å². The van der Waals surface area contributed by atoms with Gasteiger partial charge in [0.1, 0.15) is 0 Å². The number of carbonyl (C=O) groups is 2. The van der Waals surface area contributed by atoms with Crippen LogP contribution in [0.4, 0.5) is 5.69 Å². The highest BCUT2D eigenvalue weighted by atomic mass is 16.2. The molecule has 0 aliphatic carbocycles. The first kappa shape index (κ1) is 14.3. The van der Waals surface area contributed by atoms with E-state index in [2.05, 4.69) is 11.8 Å². The number of hydrogen-bond donors (Lipinski definition) is 1. The molecule has 1 aromatic carbocycles. The number of carbonyl (C=O) groups excluding carboxylic acids is 2. The second kappa shape index (κ2) is 6.36. The van der Waals surface area contributed by atoms with Crippen LogP contribution in [0.3, 0.4) is 0 Å². The zero-order valence-corrected chi connectivity index (χ0v) is 11.5. The van der Waals surface area contributed by atoms with E-state index >= 15 is 0 Å². The molecule has 20 heavy (non-hydrogen) atoms. The summed E-state index contributed by atoms with van der Waals surface area (Å²) in [5.41, 5.74) is 2.34. The summed E-state index contributed by atoms with van der Waals surface area (Å²) < 4.78 is 0. The maximum atomic E-state index is 11.9. The van der Waals surface area contributed by atoms with Gasteiger partial charge < -0.3 is 5.11 Å². The molecule has 1 aliphatic rings. The summed E-state index contributed by atoms with van der Waals surface area (Å²) in [5.74, 6) is 5.51. The minimum atomic E-state index is -0.153. The van der Waals surface area contributed by atoms with Crippen molar-refractivity contribution in [3.63, 3.8) is 0 Å². The van der Waals surface area contributed by atoms with Gasteiger partial charge in [0.2, 0.25) is 11.8 Å². The van der Waals surface area contributed by atoms with Crippen LogP contribution in [0.2, 0.25) is 0 Å². The predicted octanol–water partition coefficient (Wildman–Crippen LogP) is 1.77. The van der Waals surface area contributed by atoms with E-state index in [1.165, 1.54) is 4.90 Å². The van der Waals surface area contributed by atoms with E-state index < -0.39 is 0 Å². The first-order valence-corrected chi connectivity index (χ1v) is 6.69. The third kappa shape index (κ3) is 3.06. The summed E-state index contributed by atoms with van der Waals surface area (Å²) in [7, 11) is 0. The van der Waals surface area contributed by atoms with Crippen LogP contribution in [-0.4, -0.2) is 23.5 Å². The van der Waals surface area contributed by atoms with Gasteiger partial charge in [-0.05, 0) is 31.0 Å². The van der Waals surface area contributed by atoms with Crippen molar-refractivity contribution >= 4 is 17.5 Å². The molecule has 1 saturated heterocycles. The highest BCUT2D eigenvalue weighted by Gasteiger charge is 2.27.